The van der Waals surface area contributed by atoms with E-state index in [4.69, 9.17) is 0 Å². The Balaban J connectivity index is 1.15. The fourth-order valence-corrected chi connectivity index (χ4v) is 5.31. The lowest BCUT2D eigenvalue weighted by molar-refractivity contribution is -0.132. The van der Waals surface area contributed by atoms with Crippen LogP contribution >= 0.6 is 0 Å². The van der Waals surface area contributed by atoms with Crippen LogP contribution in [0.15, 0.2) is 54.7 Å². The van der Waals surface area contributed by atoms with Gasteiger partial charge in [0.1, 0.15) is 0 Å². The van der Waals surface area contributed by atoms with Gasteiger partial charge in [-0.05, 0) is 61.7 Å². The Morgan fingerprint density at radius 1 is 0.921 bits per heavy atom. The van der Waals surface area contributed by atoms with Crippen LogP contribution in [-0.2, 0) is 4.79 Å². The molecule has 2 N–H and O–H groups in total. The monoisotopic (exact) mass is 514 g/mol. The Morgan fingerprint density at radius 3 is 2.37 bits per heavy atom. The molecule has 3 amide bonds. The second kappa shape index (κ2) is 11.8. The normalized spacial score (nSPS) is 17.0. The van der Waals surface area contributed by atoms with Crippen molar-refractivity contribution >= 4 is 34.2 Å². The van der Waals surface area contributed by atoms with E-state index in [1.165, 1.54) is 5.69 Å². The Labute approximate surface area is 225 Å². The number of carbonyl (C=O) groups is 2. The minimum Gasteiger partial charge on any atom is -0.369 e. The van der Waals surface area contributed by atoms with Crippen molar-refractivity contribution in [3.05, 3.63) is 54.7 Å². The number of nitrogens with one attached hydrogen (secondary N) is 2. The highest BCUT2D eigenvalue weighted by Crippen LogP contribution is 2.27. The molecule has 0 bridgehead atoms. The molecule has 0 unspecified atom stereocenters. The van der Waals surface area contributed by atoms with Crippen molar-refractivity contribution in [1.82, 2.24) is 20.1 Å². The summed E-state index contributed by atoms with van der Waals surface area (Å²) in [5.41, 5.74) is 5.04. The molecule has 2 aromatic carbocycles. The lowest BCUT2D eigenvalue weighted by Gasteiger charge is -2.34. The number of anilines is 2. The van der Waals surface area contributed by atoms with E-state index in [9.17, 15) is 9.59 Å². The Morgan fingerprint density at radius 2 is 1.66 bits per heavy atom. The molecule has 0 saturated carbocycles. The molecular weight excluding hydrogens is 476 g/mol. The number of benzene rings is 2. The second-order valence-corrected chi connectivity index (χ2v) is 10.5. The fraction of sp³-hybridized carbons (Fsp3) is 0.433. The molecule has 1 aromatic heterocycles. The smallest absolute Gasteiger partial charge is 0.319 e. The highest BCUT2D eigenvalue weighted by Gasteiger charge is 2.22. The minimum atomic E-state index is -0.214. The van der Waals surface area contributed by atoms with E-state index in [1.807, 2.05) is 36.2 Å². The summed E-state index contributed by atoms with van der Waals surface area (Å²) in [4.78, 5) is 35.7. The Hall–Kier alpha value is -3.65. The number of pyridine rings is 1. The molecule has 5 rings (SSSR count). The number of fused-ring (bicyclic) bond motifs is 1. The zero-order valence-corrected chi connectivity index (χ0v) is 22.4. The van der Waals surface area contributed by atoms with Crippen LogP contribution in [-0.4, -0.2) is 79.6 Å². The number of likely N-dealkylation sites (tertiary alicyclic amines) is 1. The summed E-state index contributed by atoms with van der Waals surface area (Å²) in [6.07, 6.45) is 4.30. The predicted molar refractivity (Wildman–Crippen MR) is 154 cm³/mol. The number of urea groups is 1. The van der Waals surface area contributed by atoms with Gasteiger partial charge in [-0.1, -0.05) is 25.1 Å². The molecule has 8 heteroatoms. The minimum absolute atomic E-state index is 0.213. The summed E-state index contributed by atoms with van der Waals surface area (Å²) in [5, 5.41) is 6.95. The largest absolute Gasteiger partial charge is 0.369 e. The molecule has 2 saturated heterocycles. The van der Waals surface area contributed by atoms with Gasteiger partial charge in [0, 0.05) is 80.8 Å². The van der Waals surface area contributed by atoms with Crippen LogP contribution in [0.4, 0.5) is 16.2 Å². The fourth-order valence-electron chi connectivity index (χ4n) is 5.31. The number of hydrogen-bond acceptors (Lipinski definition) is 5. The first-order valence-electron chi connectivity index (χ1n) is 13.7. The van der Waals surface area contributed by atoms with Gasteiger partial charge in [-0.3, -0.25) is 9.78 Å². The maximum atomic E-state index is 12.5. The second-order valence-electron chi connectivity index (χ2n) is 10.5. The van der Waals surface area contributed by atoms with E-state index in [0.29, 0.717) is 18.9 Å². The summed E-state index contributed by atoms with van der Waals surface area (Å²) >= 11 is 0. The van der Waals surface area contributed by atoms with Gasteiger partial charge in [0.25, 0.3) is 0 Å². The van der Waals surface area contributed by atoms with Gasteiger partial charge in [-0.25, -0.2) is 4.79 Å². The van der Waals surface area contributed by atoms with Crippen molar-refractivity contribution in [2.45, 2.75) is 26.2 Å². The van der Waals surface area contributed by atoms with Crippen molar-refractivity contribution in [2.24, 2.45) is 5.92 Å². The molecule has 0 radical (unpaired) electrons. The Kier molecular flexibility index (Phi) is 8.08. The van der Waals surface area contributed by atoms with Crippen LogP contribution < -0.4 is 15.5 Å². The zero-order valence-electron chi connectivity index (χ0n) is 22.4. The van der Waals surface area contributed by atoms with Crippen molar-refractivity contribution in [1.29, 1.82) is 0 Å². The van der Waals surface area contributed by atoms with Gasteiger partial charge in [0.2, 0.25) is 5.91 Å². The quantitative estimate of drug-likeness (QED) is 0.509. The summed E-state index contributed by atoms with van der Waals surface area (Å²) in [6, 6.07) is 16.5. The maximum absolute atomic E-state index is 12.5. The number of rotatable bonds is 6. The van der Waals surface area contributed by atoms with Crippen LogP contribution in [0.2, 0.25) is 0 Å². The van der Waals surface area contributed by atoms with Gasteiger partial charge >= 0.3 is 6.03 Å². The molecule has 3 aromatic rings. The molecule has 38 heavy (non-hydrogen) atoms. The van der Waals surface area contributed by atoms with E-state index >= 15 is 0 Å². The molecule has 8 nitrogen and oxygen atoms in total. The van der Waals surface area contributed by atoms with E-state index in [0.717, 1.165) is 79.8 Å². The average Bonchev–Trinajstić information content (AvgIpc) is 2.96. The number of amides is 3. The number of aromatic nitrogens is 1. The van der Waals surface area contributed by atoms with Crippen LogP contribution in [0, 0.1) is 5.92 Å². The molecule has 2 fully saturated rings. The van der Waals surface area contributed by atoms with Crippen molar-refractivity contribution in [2.75, 3.05) is 63.1 Å². The van der Waals surface area contributed by atoms with Crippen LogP contribution in [0.5, 0.6) is 0 Å². The van der Waals surface area contributed by atoms with E-state index in [2.05, 4.69) is 62.8 Å². The van der Waals surface area contributed by atoms with Crippen molar-refractivity contribution in [3.8, 4) is 11.1 Å². The first-order valence-corrected chi connectivity index (χ1v) is 13.7. The standard InChI is InChI=1S/C30H38N6O2/c1-3-29(37)36-12-10-22(11-13-36)20-32-30(38)33-26-7-4-24-18-25(21-31-28(24)19-26)23-5-8-27(9-6-23)35-16-14-34(2)15-17-35/h4-9,18-19,21-22H,3,10-17,20H2,1-2H3,(H2,32,33,38). The molecule has 2 aliphatic rings. The summed E-state index contributed by atoms with van der Waals surface area (Å²) in [7, 11) is 2.17. The SMILES string of the molecule is CCC(=O)N1CCC(CNC(=O)Nc2ccc3cc(-c4ccc(N5CCN(C)CC5)cc4)cnc3c2)CC1. The number of carbonyl (C=O) groups excluding carboxylic acids is 2. The van der Waals surface area contributed by atoms with E-state index in [-0.39, 0.29) is 11.9 Å². The van der Waals surface area contributed by atoms with Crippen LogP contribution in [0.3, 0.4) is 0 Å². The first kappa shape index (κ1) is 26.0. The molecule has 2 aliphatic heterocycles. The van der Waals surface area contributed by atoms with Crippen molar-refractivity contribution < 1.29 is 9.59 Å². The summed E-state index contributed by atoms with van der Waals surface area (Å²) < 4.78 is 0. The van der Waals surface area contributed by atoms with E-state index in [1.54, 1.807) is 0 Å². The number of hydrogen-bond donors (Lipinski definition) is 2. The average molecular weight is 515 g/mol. The number of likely N-dealkylation sites (N-methyl/N-ethyl adjacent to an activating group) is 1. The topological polar surface area (TPSA) is 80.8 Å². The van der Waals surface area contributed by atoms with Gasteiger partial charge in [-0.2, -0.15) is 0 Å². The number of piperazine rings is 1. The first-order chi connectivity index (χ1) is 18.5. The van der Waals surface area contributed by atoms with Crippen LogP contribution in [0.1, 0.15) is 26.2 Å². The van der Waals surface area contributed by atoms with Crippen molar-refractivity contribution in [3.63, 3.8) is 0 Å². The lowest BCUT2D eigenvalue weighted by Crippen LogP contribution is -2.44. The molecule has 0 atom stereocenters. The molecule has 3 heterocycles. The van der Waals surface area contributed by atoms with Gasteiger partial charge in [0.05, 0.1) is 5.52 Å². The number of nitrogens with zero attached hydrogens (tertiary/aromatic N) is 4. The highest BCUT2D eigenvalue weighted by molar-refractivity contribution is 5.93. The number of piperidine rings is 1. The third-order valence-corrected chi connectivity index (χ3v) is 7.83. The highest BCUT2D eigenvalue weighted by atomic mass is 16.2. The molecule has 0 aliphatic carbocycles. The van der Waals surface area contributed by atoms with Gasteiger partial charge in [0.15, 0.2) is 0 Å². The third kappa shape index (κ3) is 6.25. The summed E-state index contributed by atoms with van der Waals surface area (Å²) in [5.74, 6) is 0.610. The zero-order chi connectivity index (χ0) is 26.5. The van der Waals surface area contributed by atoms with Gasteiger partial charge in [-0.15, -0.1) is 0 Å². The lowest BCUT2D eigenvalue weighted by atomic mass is 9.96. The molecular formula is C30H38N6O2. The maximum Gasteiger partial charge on any atom is 0.319 e. The molecule has 0 spiro atoms. The van der Waals surface area contributed by atoms with Gasteiger partial charge < -0.3 is 25.3 Å². The van der Waals surface area contributed by atoms with E-state index < -0.39 is 0 Å². The third-order valence-electron chi connectivity index (χ3n) is 7.83. The van der Waals surface area contributed by atoms with Crippen LogP contribution in [0.25, 0.3) is 22.0 Å². The predicted octanol–water partition coefficient (Wildman–Crippen LogP) is 4.42. The molecule has 200 valence electrons. The Bertz CT molecular complexity index is 1260. The summed E-state index contributed by atoms with van der Waals surface area (Å²) in [6.45, 7) is 8.37.